The lowest BCUT2D eigenvalue weighted by molar-refractivity contribution is 0.378. The molecule has 0 bridgehead atoms. The molecule has 0 atom stereocenters. The standard InChI is InChI=1S/C18H20ClN5OS/c1-20-18(21-9-7-15-6-3-11-26-15)22-10-8-16-23-17(24-25-16)13-4-2-5-14(19)12-13/h2-6,11-12H,7-10H2,1H3,(H2,20,21,22). The number of nitrogens with zero attached hydrogens (tertiary/aromatic N) is 3. The van der Waals surface area contributed by atoms with Crippen molar-refractivity contribution < 1.29 is 4.52 Å². The van der Waals surface area contributed by atoms with Crippen molar-refractivity contribution in [2.45, 2.75) is 12.8 Å². The Morgan fingerprint density at radius 3 is 2.77 bits per heavy atom. The Kier molecular flexibility index (Phi) is 6.62. The van der Waals surface area contributed by atoms with Crippen LogP contribution in [-0.2, 0) is 12.8 Å². The second-order valence-corrected chi connectivity index (χ2v) is 7.00. The van der Waals surface area contributed by atoms with Gasteiger partial charge in [0, 0.05) is 42.0 Å². The molecular weight excluding hydrogens is 370 g/mol. The molecule has 0 spiro atoms. The number of benzene rings is 1. The number of rotatable bonds is 7. The second kappa shape index (κ2) is 9.35. The summed E-state index contributed by atoms with van der Waals surface area (Å²) in [6.45, 7) is 1.48. The summed E-state index contributed by atoms with van der Waals surface area (Å²) in [5.41, 5.74) is 0.839. The Labute approximate surface area is 161 Å². The van der Waals surface area contributed by atoms with Crippen molar-refractivity contribution in [1.82, 2.24) is 20.8 Å². The molecule has 0 aliphatic rings. The maximum Gasteiger partial charge on any atom is 0.228 e. The fraction of sp³-hybridized carbons (Fsp3) is 0.278. The highest BCUT2D eigenvalue weighted by Crippen LogP contribution is 2.19. The molecule has 0 aliphatic heterocycles. The van der Waals surface area contributed by atoms with Gasteiger partial charge in [-0.2, -0.15) is 4.98 Å². The number of hydrogen-bond acceptors (Lipinski definition) is 5. The van der Waals surface area contributed by atoms with Gasteiger partial charge in [0.25, 0.3) is 0 Å². The number of aromatic nitrogens is 2. The number of guanidine groups is 1. The third-order valence-electron chi connectivity index (χ3n) is 3.65. The molecule has 2 aromatic heterocycles. The fourth-order valence-corrected chi connectivity index (χ4v) is 3.27. The Hall–Kier alpha value is -2.38. The van der Waals surface area contributed by atoms with Crippen LogP contribution in [0.4, 0.5) is 0 Å². The highest BCUT2D eigenvalue weighted by atomic mass is 35.5. The minimum atomic E-state index is 0.543. The molecule has 2 heterocycles. The van der Waals surface area contributed by atoms with Gasteiger partial charge in [-0.05, 0) is 30.0 Å². The van der Waals surface area contributed by atoms with Crippen molar-refractivity contribution in [1.29, 1.82) is 0 Å². The summed E-state index contributed by atoms with van der Waals surface area (Å²) in [4.78, 5) is 9.98. The zero-order valence-corrected chi connectivity index (χ0v) is 16.0. The van der Waals surface area contributed by atoms with Gasteiger partial charge in [-0.25, -0.2) is 0 Å². The predicted molar refractivity (Wildman–Crippen MR) is 106 cm³/mol. The average Bonchev–Trinajstić information content (AvgIpc) is 3.32. The number of thiophene rings is 1. The van der Waals surface area contributed by atoms with E-state index in [1.54, 1.807) is 18.4 Å². The van der Waals surface area contributed by atoms with E-state index in [0.717, 1.165) is 24.5 Å². The van der Waals surface area contributed by atoms with Crippen LogP contribution in [0.3, 0.4) is 0 Å². The lowest BCUT2D eigenvalue weighted by atomic mass is 10.2. The van der Waals surface area contributed by atoms with Crippen LogP contribution < -0.4 is 10.6 Å². The van der Waals surface area contributed by atoms with Crippen LogP contribution in [0.25, 0.3) is 11.4 Å². The van der Waals surface area contributed by atoms with E-state index in [9.17, 15) is 0 Å². The number of nitrogens with one attached hydrogen (secondary N) is 2. The molecule has 0 saturated carbocycles. The smallest absolute Gasteiger partial charge is 0.228 e. The number of aliphatic imine (C=N–C) groups is 1. The summed E-state index contributed by atoms with van der Waals surface area (Å²) in [6.07, 6.45) is 1.59. The summed E-state index contributed by atoms with van der Waals surface area (Å²) in [7, 11) is 1.75. The predicted octanol–water partition coefficient (Wildman–Crippen LogP) is 3.40. The van der Waals surface area contributed by atoms with Gasteiger partial charge < -0.3 is 15.2 Å². The molecule has 0 fully saturated rings. The van der Waals surface area contributed by atoms with Crippen LogP contribution in [0.5, 0.6) is 0 Å². The van der Waals surface area contributed by atoms with Gasteiger partial charge in [0.15, 0.2) is 5.96 Å². The zero-order chi connectivity index (χ0) is 18.2. The molecule has 8 heteroatoms. The van der Waals surface area contributed by atoms with Crippen LogP contribution in [0.2, 0.25) is 5.02 Å². The number of halogens is 1. The third-order valence-corrected chi connectivity index (χ3v) is 4.82. The SMILES string of the molecule is CN=C(NCCc1nc(-c2cccc(Cl)c2)no1)NCCc1cccs1. The normalized spacial score (nSPS) is 11.5. The van der Waals surface area contributed by atoms with Gasteiger partial charge in [0.1, 0.15) is 0 Å². The average molecular weight is 390 g/mol. The van der Waals surface area contributed by atoms with Gasteiger partial charge in [-0.3, -0.25) is 4.99 Å². The highest BCUT2D eigenvalue weighted by molar-refractivity contribution is 7.09. The van der Waals surface area contributed by atoms with E-state index in [4.69, 9.17) is 16.1 Å². The third kappa shape index (κ3) is 5.31. The molecule has 0 amide bonds. The van der Waals surface area contributed by atoms with E-state index in [1.165, 1.54) is 4.88 Å². The maximum atomic E-state index is 5.99. The molecule has 0 radical (unpaired) electrons. The van der Waals surface area contributed by atoms with Crippen LogP contribution >= 0.6 is 22.9 Å². The van der Waals surface area contributed by atoms with Crippen LogP contribution in [0.1, 0.15) is 10.8 Å². The zero-order valence-electron chi connectivity index (χ0n) is 14.4. The Morgan fingerprint density at radius 1 is 1.19 bits per heavy atom. The van der Waals surface area contributed by atoms with Crippen molar-refractivity contribution in [2.75, 3.05) is 20.1 Å². The summed E-state index contributed by atoms with van der Waals surface area (Å²) in [5, 5.41) is 13.3. The second-order valence-electron chi connectivity index (χ2n) is 5.53. The topological polar surface area (TPSA) is 75.3 Å². The summed E-state index contributed by atoms with van der Waals surface area (Å²) in [6, 6.07) is 11.6. The monoisotopic (exact) mass is 389 g/mol. The van der Waals surface area contributed by atoms with E-state index >= 15 is 0 Å². The molecular formula is C18H20ClN5OS. The molecule has 3 rings (SSSR count). The first kappa shape index (κ1) is 18.4. The Morgan fingerprint density at radius 2 is 2.04 bits per heavy atom. The first-order valence-corrected chi connectivity index (χ1v) is 9.56. The van der Waals surface area contributed by atoms with Gasteiger partial charge in [-0.15, -0.1) is 11.3 Å². The molecule has 6 nitrogen and oxygen atoms in total. The van der Waals surface area contributed by atoms with Gasteiger partial charge in [0.05, 0.1) is 0 Å². The van der Waals surface area contributed by atoms with E-state index in [1.807, 2.05) is 24.3 Å². The molecule has 136 valence electrons. The first-order chi connectivity index (χ1) is 12.7. The molecule has 2 N–H and O–H groups in total. The molecule has 0 saturated heterocycles. The maximum absolute atomic E-state index is 5.99. The summed E-state index contributed by atoms with van der Waals surface area (Å²) < 4.78 is 5.30. The fourth-order valence-electron chi connectivity index (χ4n) is 2.37. The van der Waals surface area contributed by atoms with E-state index in [2.05, 4.69) is 43.3 Å². The van der Waals surface area contributed by atoms with Gasteiger partial charge >= 0.3 is 0 Å². The van der Waals surface area contributed by atoms with Crippen molar-refractivity contribution >= 4 is 28.9 Å². The van der Waals surface area contributed by atoms with Crippen LogP contribution in [0.15, 0.2) is 51.3 Å². The largest absolute Gasteiger partial charge is 0.356 e. The minimum Gasteiger partial charge on any atom is -0.356 e. The first-order valence-electron chi connectivity index (χ1n) is 8.30. The summed E-state index contributed by atoms with van der Waals surface area (Å²) >= 11 is 7.76. The lowest BCUT2D eigenvalue weighted by Crippen LogP contribution is -2.39. The highest BCUT2D eigenvalue weighted by Gasteiger charge is 2.09. The molecule has 0 unspecified atom stereocenters. The van der Waals surface area contributed by atoms with E-state index < -0.39 is 0 Å². The van der Waals surface area contributed by atoms with Crippen molar-refractivity contribution in [3.63, 3.8) is 0 Å². The van der Waals surface area contributed by atoms with Crippen LogP contribution in [0, 0.1) is 0 Å². The van der Waals surface area contributed by atoms with Crippen LogP contribution in [-0.4, -0.2) is 36.2 Å². The molecule has 1 aromatic carbocycles. The Bertz CT molecular complexity index is 847. The van der Waals surface area contributed by atoms with Gasteiger partial charge in [-0.1, -0.05) is 35.0 Å². The van der Waals surface area contributed by atoms with Gasteiger partial charge in [0.2, 0.25) is 11.7 Å². The van der Waals surface area contributed by atoms with Crippen molar-refractivity contribution in [3.8, 4) is 11.4 Å². The quantitative estimate of drug-likeness (QED) is 0.478. The number of hydrogen-bond donors (Lipinski definition) is 2. The Balaban J connectivity index is 1.43. The lowest BCUT2D eigenvalue weighted by Gasteiger charge is -2.10. The molecule has 26 heavy (non-hydrogen) atoms. The minimum absolute atomic E-state index is 0.543. The summed E-state index contributed by atoms with van der Waals surface area (Å²) in [5.74, 6) is 1.87. The van der Waals surface area contributed by atoms with Crippen molar-refractivity contribution in [3.05, 3.63) is 57.6 Å². The molecule has 0 aliphatic carbocycles. The van der Waals surface area contributed by atoms with E-state index in [0.29, 0.717) is 29.7 Å². The molecule has 3 aromatic rings. The van der Waals surface area contributed by atoms with Crippen molar-refractivity contribution in [2.24, 2.45) is 4.99 Å². The van der Waals surface area contributed by atoms with E-state index in [-0.39, 0.29) is 0 Å².